The number of hydrogen-bond acceptors (Lipinski definition) is 2. The lowest BCUT2D eigenvalue weighted by Gasteiger charge is -2.03. The van der Waals surface area contributed by atoms with Gasteiger partial charge in [-0.1, -0.05) is 12.2 Å². The van der Waals surface area contributed by atoms with E-state index in [4.69, 9.17) is 5.11 Å². The van der Waals surface area contributed by atoms with E-state index in [1.807, 2.05) is 0 Å². The summed E-state index contributed by atoms with van der Waals surface area (Å²) in [4.78, 5) is 20.0. The Kier molecular flexibility index (Phi) is 6.59. The van der Waals surface area contributed by atoms with Gasteiger partial charge in [0.1, 0.15) is 0 Å². The second-order valence-corrected chi connectivity index (χ2v) is 2.82. The van der Waals surface area contributed by atoms with Crippen LogP contribution in [0.25, 0.3) is 0 Å². The molecule has 0 atom stereocenters. The Hall–Kier alpha value is -1.32. The predicted octanol–water partition coefficient (Wildman–Crippen LogP) is 0.934. The summed E-state index contributed by atoms with van der Waals surface area (Å²) in [6, 6.07) is 0. The number of carboxylic acid groups (broad SMARTS) is 1. The summed E-state index contributed by atoms with van der Waals surface area (Å²) in [5, 5.41) is 10.9. The van der Waals surface area contributed by atoms with E-state index in [-0.39, 0.29) is 6.42 Å². The quantitative estimate of drug-likeness (QED) is 0.336. The van der Waals surface area contributed by atoms with E-state index in [0.29, 0.717) is 25.8 Å². The normalized spacial score (nSPS) is 9.23. The largest absolute Gasteiger partial charge is 0.481 e. The Morgan fingerprint density at radius 1 is 1.38 bits per heavy atom. The van der Waals surface area contributed by atoms with Crippen molar-refractivity contribution in [2.24, 2.45) is 0 Å². The van der Waals surface area contributed by atoms with Crippen molar-refractivity contribution in [1.29, 1.82) is 0 Å². The molecule has 0 saturated heterocycles. The molecular formula is C9H15NO3. The minimum Gasteiger partial charge on any atom is -0.481 e. The topological polar surface area (TPSA) is 66.4 Å². The molecule has 13 heavy (non-hydrogen) atoms. The Morgan fingerprint density at radius 2 is 2.08 bits per heavy atom. The molecule has 2 N–H and O–H groups in total. The SMILES string of the molecule is C=C(CCCC(=O)O)CCNC=O. The van der Waals surface area contributed by atoms with Gasteiger partial charge in [-0.25, -0.2) is 0 Å². The summed E-state index contributed by atoms with van der Waals surface area (Å²) in [7, 11) is 0. The van der Waals surface area contributed by atoms with E-state index in [0.717, 1.165) is 12.0 Å². The number of carbonyl (C=O) groups excluding carboxylic acids is 1. The Balaban J connectivity index is 3.30. The van der Waals surface area contributed by atoms with E-state index < -0.39 is 5.97 Å². The van der Waals surface area contributed by atoms with Crippen LogP contribution in [0, 0.1) is 0 Å². The molecule has 74 valence electrons. The zero-order valence-corrected chi connectivity index (χ0v) is 7.58. The summed E-state index contributed by atoms with van der Waals surface area (Å²) >= 11 is 0. The van der Waals surface area contributed by atoms with Crippen LogP contribution in [-0.4, -0.2) is 24.0 Å². The molecule has 0 aliphatic heterocycles. The smallest absolute Gasteiger partial charge is 0.303 e. The van der Waals surface area contributed by atoms with Crippen LogP contribution in [0.2, 0.25) is 0 Å². The summed E-state index contributed by atoms with van der Waals surface area (Å²) < 4.78 is 0. The molecule has 0 aliphatic carbocycles. The van der Waals surface area contributed by atoms with Gasteiger partial charge in [0.2, 0.25) is 6.41 Å². The maximum absolute atomic E-state index is 10.2. The number of carbonyl (C=O) groups is 2. The molecule has 0 aromatic heterocycles. The monoisotopic (exact) mass is 185 g/mol. The van der Waals surface area contributed by atoms with Crippen LogP contribution >= 0.6 is 0 Å². The lowest BCUT2D eigenvalue weighted by Crippen LogP contribution is -2.12. The van der Waals surface area contributed by atoms with E-state index in [2.05, 4.69) is 11.9 Å². The number of nitrogens with one attached hydrogen (secondary N) is 1. The third kappa shape index (κ3) is 8.59. The van der Waals surface area contributed by atoms with Gasteiger partial charge in [0.25, 0.3) is 0 Å². The molecular weight excluding hydrogens is 170 g/mol. The fourth-order valence-corrected chi connectivity index (χ4v) is 0.922. The number of carboxylic acids is 1. The highest BCUT2D eigenvalue weighted by Gasteiger charge is 1.98. The van der Waals surface area contributed by atoms with Crippen molar-refractivity contribution in [1.82, 2.24) is 5.32 Å². The highest BCUT2D eigenvalue weighted by atomic mass is 16.4. The van der Waals surface area contributed by atoms with Crippen molar-refractivity contribution in [3.63, 3.8) is 0 Å². The van der Waals surface area contributed by atoms with Crippen molar-refractivity contribution < 1.29 is 14.7 Å². The molecule has 0 heterocycles. The second kappa shape index (κ2) is 7.34. The standard InChI is InChI=1S/C9H15NO3/c1-8(5-6-10-7-11)3-2-4-9(12)13/h7H,1-6H2,(H,10,11)(H,12,13). The average Bonchev–Trinajstić information content (AvgIpc) is 2.04. The Labute approximate surface area is 77.6 Å². The fraction of sp³-hybridized carbons (Fsp3) is 0.556. The molecule has 1 amide bonds. The molecule has 4 nitrogen and oxygen atoms in total. The van der Waals surface area contributed by atoms with Crippen molar-refractivity contribution in [3.8, 4) is 0 Å². The van der Waals surface area contributed by atoms with Gasteiger partial charge in [-0.3, -0.25) is 9.59 Å². The molecule has 0 aliphatic rings. The molecule has 4 heteroatoms. The third-order valence-corrected chi connectivity index (χ3v) is 1.63. The number of aliphatic carboxylic acids is 1. The molecule has 0 unspecified atom stereocenters. The first-order valence-corrected chi connectivity index (χ1v) is 4.22. The molecule has 0 rings (SSSR count). The van der Waals surface area contributed by atoms with E-state index in [9.17, 15) is 9.59 Å². The van der Waals surface area contributed by atoms with Crippen LogP contribution in [0.4, 0.5) is 0 Å². The van der Waals surface area contributed by atoms with Crippen LogP contribution in [0.15, 0.2) is 12.2 Å². The van der Waals surface area contributed by atoms with Gasteiger partial charge >= 0.3 is 5.97 Å². The van der Waals surface area contributed by atoms with Gasteiger partial charge in [0.15, 0.2) is 0 Å². The minimum absolute atomic E-state index is 0.181. The highest BCUT2D eigenvalue weighted by molar-refractivity contribution is 5.66. The highest BCUT2D eigenvalue weighted by Crippen LogP contribution is 2.07. The minimum atomic E-state index is -0.779. The molecule has 0 bridgehead atoms. The molecule has 0 radical (unpaired) electrons. The summed E-state index contributed by atoms with van der Waals surface area (Å²) in [5.74, 6) is -0.779. The number of hydrogen-bond donors (Lipinski definition) is 2. The van der Waals surface area contributed by atoms with Gasteiger partial charge in [-0.2, -0.15) is 0 Å². The lowest BCUT2D eigenvalue weighted by atomic mass is 10.1. The second-order valence-electron chi connectivity index (χ2n) is 2.82. The average molecular weight is 185 g/mol. The maximum Gasteiger partial charge on any atom is 0.303 e. The van der Waals surface area contributed by atoms with Crippen LogP contribution in [0.5, 0.6) is 0 Å². The van der Waals surface area contributed by atoms with Gasteiger partial charge in [0.05, 0.1) is 0 Å². The summed E-state index contributed by atoms with van der Waals surface area (Å²) in [6.45, 7) is 4.35. The third-order valence-electron chi connectivity index (χ3n) is 1.63. The summed E-state index contributed by atoms with van der Waals surface area (Å²) in [6.07, 6.45) is 2.88. The first-order chi connectivity index (χ1) is 6.16. The molecule has 0 aromatic rings. The Morgan fingerprint density at radius 3 is 2.62 bits per heavy atom. The molecule has 0 fully saturated rings. The first kappa shape index (κ1) is 11.7. The van der Waals surface area contributed by atoms with E-state index in [1.165, 1.54) is 0 Å². The van der Waals surface area contributed by atoms with E-state index in [1.54, 1.807) is 0 Å². The van der Waals surface area contributed by atoms with Crippen molar-refractivity contribution in [3.05, 3.63) is 12.2 Å². The van der Waals surface area contributed by atoms with Gasteiger partial charge < -0.3 is 10.4 Å². The molecule has 0 aromatic carbocycles. The van der Waals surface area contributed by atoms with Crippen LogP contribution in [0.1, 0.15) is 25.7 Å². The summed E-state index contributed by atoms with van der Waals surface area (Å²) in [5.41, 5.74) is 0.982. The van der Waals surface area contributed by atoms with Crippen molar-refractivity contribution >= 4 is 12.4 Å². The van der Waals surface area contributed by atoms with Crippen molar-refractivity contribution in [2.45, 2.75) is 25.7 Å². The fourth-order valence-electron chi connectivity index (χ4n) is 0.922. The van der Waals surface area contributed by atoms with Crippen molar-refractivity contribution in [2.75, 3.05) is 6.54 Å². The van der Waals surface area contributed by atoms with Crippen LogP contribution in [0.3, 0.4) is 0 Å². The zero-order valence-electron chi connectivity index (χ0n) is 7.58. The number of amides is 1. The lowest BCUT2D eigenvalue weighted by molar-refractivity contribution is -0.137. The van der Waals surface area contributed by atoms with E-state index >= 15 is 0 Å². The van der Waals surface area contributed by atoms with Crippen LogP contribution in [-0.2, 0) is 9.59 Å². The molecule has 0 spiro atoms. The first-order valence-electron chi connectivity index (χ1n) is 4.22. The van der Waals surface area contributed by atoms with Gasteiger partial charge in [-0.05, 0) is 19.3 Å². The van der Waals surface area contributed by atoms with Crippen LogP contribution < -0.4 is 5.32 Å². The van der Waals surface area contributed by atoms with Gasteiger partial charge in [0, 0.05) is 13.0 Å². The maximum atomic E-state index is 10.2. The van der Waals surface area contributed by atoms with Gasteiger partial charge in [-0.15, -0.1) is 0 Å². The predicted molar refractivity (Wildman–Crippen MR) is 49.3 cm³/mol. The number of rotatable bonds is 8. The zero-order chi connectivity index (χ0) is 10.1. The Bertz CT molecular complexity index is 189. The molecule has 0 saturated carbocycles.